The van der Waals surface area contributed by atoms with Gasteiger partial charge in [0.2, 0.25) is 0 Å². The average Bonchev–Trinajstić information content (AvgIpc) is 2.84. The van der Waals surface area contributed by atoms with Crippen LogP contribution in [0.25, 0.3) is 0 Å². The highest BCUT2D eigenvalue weighted by Crippen LogP contribution is 2.25. The molecule has 9 nitrogen and oxygen atoms in total. The molecule has 3 rings (SSSR count). The van der Waals surface area contributed by atoms with Gasteiger partial charge in [0.1, 0.15) is 11.8 Å². The molecule has 1 fully saturated rings. The maximum absolute atomic E-state index is 12.8. The quantitative estimate of drug-likeness (QED) is 0.652. The first-order chi connectivity index (χ1) is 15.9. The van der Waals surface area contributed by atoms with E-state index in [-0.39, 0.29) is 22.8 Å². The fourth-order valence-electron chi connectivity index (χ4n) is 3.86. The summed E-state index contributed by atoms with van der Waals surface area (Å²) in [5, 5.41) is 11.7. The molecule has 1 saturated heterocycles. The Hall–Kier alpha value is -3.22. The van der Waals surface area contributed by atoms with Crippen LogP contribution in [0.4, 0.5) is 10.6 Å². The molecule has 1 aromatic heterocycles. The van der Waals surface area contributed by atoms with Crippen LogP contribution in [0.1, 0.15) is 49.2 Å². The third kappa shape index (κ3) is 6.40. The van der Waals surface area contributed by atoms with Gasteiger partial charge in [0.05, 0.1) is 18.0 Å². The topological polar surface area (TPSA) is 111 Å². The maximum atomic E-state index is 12.8. The van der Waals surface area contributed by atoms with E-state index < -0.39 is 12.0 Å². The summed E-state index contributed by atoms with van der Waals surface area (Å²) in [7, 11) is 0. The van der Waals surface area contributed by atoms with Gasteiger partial charge in [-0.3, -0.25) is 4.79 Å². The number of carbonyl (C=O) groups is 2. The minimum absolute atomic E-state index is 0.0944. The van der Waals surface area contributed by atoms with Crippen molar-refractivity contribution in [1.82, 2.24) is 19.8 Å². The van der Waals surface area contributed by atoms with Crippen LogP contribution in [-0.4, -0.2) is 64.0 Å². The lowest BCUT2D eigenvalue weighted by Gasteiger charge is -2.37. The number of rotatable bonds is 7. The zero-order chi connectivity index (χ0) is 23.8. The largest absolute Gasteiger partial charge is 0.415 e. The van der Waals surface area contributed by atoms with Crippen LogP contribution in [-0.2, 0) is 0 Å². The number of likely N-dealkylation sites (tertiary alicyclic amines) is 1. The Morgan fingerprint density at radius 3 is 2.64 bits per heavy atom. The molecular formula is C23H27ClN6O3. The van der Waals surface area contributed by atoms with E-state index >= 15 is 0 Å². The summed E-state index contributed by atoms with van der Waals surface area (Å²) < 4.78 is 5.58. The number of ether oxygens (including phenoxy) is 1. The Morgan fingerprint density at radius 1 is 1.27 bits per heavy atom. The molecule has 0 saturated carbocycles. The van der Waals surface area contributed by atoms with Gasteiger partial charge in [-0.25, -0.2) is 14.8 Å². The number of benzene rings is 1. The lowest BCUT2D eigenvalue weighted by atomic mass is 10.0. The second-order valence-corrected chi connectivity index (χ2v) is 8.14. The SMILES string of the molecule is CCCN(CC)C1CCN(C(=O)Oc2ccc(Cl)cc2C(=O)Nc2cnc(C#N)cn2)CC1. The van der Waals surface area contributed by atoms with E-state index in [1.807, 2.05) is 6.07 Å². The van der Waals surface area contributed by atoms with Crippen molar-refractivity contribution < 1.29 is 14.3 Å². The van der Waals surface area contributed by atoms with E-state index in [1.165, 1.54) is 24.5 Å². The Balaban J connectivity index is 1.66. The number of anilines is 1. The molecule has 33 heavy (non-hydrogen) atoms. The maximum Gasteiger partial charge on any atom is 0.415 e. The number of hydrogen-bond donors (Lipinski definition) is 1. The lowest BCUT2D eigenvalue weighted by Crippen LogP contribution is -2.47. The molecule has 0 bridgehead atoms. The molecule has 2 heterocycles. The van der Waals surface area contributed by atoms with E-state index in [0.717, 1.165) is 32.4 Å². The van der Waals surface area contributed by atoms with Gasteiger partial charge in [-0.2, -0.15) is 5.26 Å². The number of piperidine rings is 1. The van der Waals surface area contributed by atoms with Crippen LogP contribution in [0.5, 0.6) is 5.75 Å². The number of halogens is 1. The highest BCUT2D eigenvalue weighted by molar-refractivity contribution is 6.31. The van der Waals surface area contributed by atoms with Crippen LogP contribution < -0.4 is 10.1 Å². The summed E-state index contributed by atoms with van der Waals surface area (Å²) in [6, 6.07) is 6.79. The van der Waals surface area contributed by atoms with Crippen LogP contribution in [0.3, 0.4) is 0 Å². The van der Waals surface area contributed by atoms with Gasteiger partial charge in [0.15, 0.2) is 11.5 Å². The zero-order valence-electron chi connectivity index (χ0n) is 18.8. The van der Waals surface area contributed by atoms with Crippen LogP contribution >= 0.6 is 11.6 Å². The molecule has 0 unspecified atom stereocenters. The van der Waals surface area contributed by atoms with E-state index in [2.05, 4.69) is 34.0 Å². The van der Waals surface area contributed by atoms with Gasteiger partial charge < -0.3 is 19.9 Å². The predicted molar refractivity (Wildman–Crippen MR) is 124 cm³/mol. The highest BCUT2D eigenvalue weighted by atomic mass is 35.5. The van der Waals surface area contributed by atoms with Crippen molar-refractivity contribution in [2.75, 3.05) is 31.5 Å². The molecule has 0 aliphatic carbocycles. The summed E-state index contributed by atoms with van der Waals surface area (Å²) in [5.41, 5.74) is 0.225. The normalized spacial score (nSPS) is 14.1. The fourth-order valence-corrected chi connectivity index (χ4v) is 4.03. The molecule has 1 N–H and O–H groups in total. The molecule has 1 aliphatic rings. The average molecular weight is 471 g/mol. The molecular weight excluding hydrogens is 444 g/mol. The van der Waals surface area contributed by atoms with Crippen LogP contribution in [0.2, 0.25) is 5.02 Å². The summed E-state index contributed by atoms with van der Waals surface area (Å²) in [4.78, 5) is 37.6. The minimum Gasteiger partial charge on any atom is -0.409 e. The van der Waals surface area contributed by atoms with Crippen molar-refractivity contribution in [1.29, 1.82) is 5.26 Å². The van der Waals surface area contributed by atoms with E-state index in [0.29, 0.717) is 24.2 Å². The molecule has 2 amide bonds. The smallest absolute Gasteiger partial charge is 0.409 e. The second-order valence-electron chi connectivity index (χ2n) is 7.71. The predicted octanol–water partition coefficient (Wildman–Crippen LogP) is 3.95. The van der Waals surface area contributed by atoms with Gasteiger partial charge in [-0.1, -0.05) is 25.4 Å². The van der Waals surface area contributed by atoms with Gasteiger partial charge >= 0.3 is 6.09 Å². The van der Waals surface area contributed by atoms with Crippen molar-refractivity contribution in [2.24, 2.45) is 0 Å². The van der Waals surface area contributed by atoms with Crippen molar-refractivity contribution in [3.63, 3.8) is 0 Å². The van der Waals surface area contributed by atoms with Crippen molar-refractivity contribution in [3.8, 4) is 11.8 Å². The van der Waals surface area contributed by atoms with Crippen LogP contribution in [0.15, 0.2) is 30.6 Å². The Kier molecular flexibility index (Phi) is 8.58. The first kappa shape index (κ1) is 24.4. The van der Waals surface area contributed by atoms with Crippen LogP contribution in [0, 0.1) is 11.3 Å². The molecule has 1 aliphatic heterocycles. The molecule has 0 radical (unpaired) electrons. The van der Waals surface area contributed by atoms with E-state index in [4.69, 9.17) is 21.6 Å². The minimum atomic E-state index is -0.559. The van der Waals surface area contributed by atoms with Gasteiger partial charge in [-0.15, -0.1) is 0 Å². The van der Waals surface area contributed by atoms with E-state index in [9.17, 15) is 9.59 Å². The number of nitriles is 1. The number of nitrogens with one attached hydrogen (secondary N) is 1. The molecule has 2 aromatic rings. The fraction of sp³-hybridized carbons (Fsp3) is 0.435. The Bertz CT molecular complexity index is 1020. The standard InChI is InChI=1S/C23H27ClN6O3/c1-3-9-29(4-2)18-7-10-30(11-8-18)23(32)33-20-6-5-16(24)12-19(20)22(31)28-21-15-26-17(13-25)14-27-21/h5-6,12,14-15,18H,3-4,7-11H2,1-2H3,(H,27,28,31). The summed E-state index contributed by atoms with van der Waals surface area (Å²) in [6.07, 6.45) is 4.89. The number of aromatic nitrogens is 2. The summed E-state index contributed by atoms with van der Waals surface area (Å²) in [6.45, 7) is 7.57. The Labute approximate surface area is 198 Å². The first-order valence-corrected chi connectivity index (χ1v) is 11.4. The number of nitrogens with zero attached hydrogens (tertiary/aromatic N) is 5. The van der Waals surface area contributed by atoms with Gasteiger partial charge in [-0.05, 0) is 50.6 Å². The molecule has 174 valence electrons. The zero-order valence-corrected chi connectivity index (χ0v) is 19.5. The second kappa shape index (κ2) is 11.6. The van der Waals surface area contributed by atoms with Crippen molar-refractivity contribution in [2.45, 2.75) is 39.2 Å². The van der Waals surface area contributed by atoms with Crippen molar-refractivity contribution in [3.05, 3.63) is 46.9 Å². The molecule has 1 aromatic carbocycles. The van der Waals surface area contributed by atoms with Gasteiger partial charge in [0, 0.05) is 24.2 Å². The first-order valence-electron chi connectivity index (χ1n) is 11.0. The summed E-state index contributed by atoms with van der Waals surface area (Å²) in [5.74, 6) is -0.297. The van der Waals surface area contributed by atoms with Crippen molar-refractivity contribution >= 4 is 29.4 Å². The van der Waals surface area contributed by atoms with E-state index in [1.54, 1.807) is 11.0 Å². The third-order valence-electron chi connectivity index (χ3n) is 5.55. The number of amides is 2. The summed E-state index contributed by atoms with van der Waals surface area (Å²) >= 11 is 6.07. The number of carbonyl (C=O) groups excluding carboxylic acids is 2. The third-order valence-corrected chi connectivity index (χ3v) is 5.78. The highest BCUT2D eigenvalue weighted by Gasteiger charge is 2.28. The molecule has 0 atom stereocenters. The monoisotopic (exact) mass is 470 g/mol. The Morgan fingerprint density at radius 2 is 2.03 bits per heavy atom. The number of hydrogen-bond acceptors (Lipinski definition) is 7. The van der Waals surface area contributed by atoms with Gasteiger partial charge in [0.25, 0.3) is 5.91 Å². The molecule has 10 heteroatoms. The lowest BCUT2D eigenvalue weighted by molar-refractivity contribution is 0.0989. The molecule has 0 spiro atoms.